The van der Waals surface area contributed by atoms with Crippen LogP contribution in [-0.4, -0.2) is 42.0 Å². The Balaban J connectivity index is 1.54. The number of rotatable bonds is 6. The number of hydrogen-bond acceptors (Lipinski definition) is 6. The fourth-order valence-electron chi connectivity index (χ4n) is 3.39. The third-order valence-corrected chi connectivity index (χ3v) is 4.98. The number of amides is 1. The smallest absolute Gasteiger partial charge is 0.308 e. The summed E-state index contributed by atoms with van der Waals surface area (Å²) >= 11 is 0. The average Bonchev–Trinajstić information content (AvgIpc) is 3.18. The Labute approximate surface area is 172 Å². The maximum atomic E-state index is 13.0. The molecule has 2 N–H and O–H groups in total. The Kier molecular flexibility index (Phi) is 5.14. The molecule has 1 unspecified atom stereocenters. The van der Waals surface area contributed by atoms with Crippen LogP contribution in [0.15, 0.2) is 59.3 Å². The molecule has 2 aromatic carbocycles. The third kappa shape index (κ3) is 3.84. The summed E-state index contributed by atoms with van der Waals surface area (Å²) < 4.78 is 10.8. The van der Waals surface area contributed by atoms with Gasteiger partial charge in [-0.05, 0) is 36.4 Å². The summed E-state index contributed by atoms with van der Waals surface area (Å²) in [6.07, 6.45) is 1.42. The zero-order valence-electron chi connectivity index (χ0n) is 16.3. The van der Waals surface area contributed by atoms with Gasteiger partial charge in [0.2, 0.25) is 5.60 Å². The maximum Gasteiger partial charge on any atom is 0.308 e. The first-order valence-corrected chi connectivity index (χ1v) is 9.34. The first-order chi connectivity index (χ1) is 14.5. The largest absolute Gasteiger partial charge is 0.497 e. The van der Waals surface area contributed by atoms with Crippen molar-refractivity contribution in [3.05, 3.63) is 59.7 Å². The van der Waals surface area contributed by atoms with Gasteiger partial charge in [-0.2, -0.15) is 0 Å². The van der Waals surface area contributed by atoms with Crippen molar-refractivity contribution in [1.82, 2.24) is 0 Å². The standard InChI is InChI=1S/C22H20N2O6/c1-28-17-8-6-16(7-9-17)23-21(27)22(12-20(25)26)11-18(24-30-22)15-10-14-4-2-3-5-19(14)29-13-15/h2-10H,11-13H2,1H3,(H,23,27)(H,25,26). The van der Waals surface area contributed by atoms with Gasteiger partial charge in [-0.15, -0.1) is 0 Å². The van der Waals surface area contributed by atoms with Crippen molar-refractivity contribution in [3.8, 4) is 11.5 Å². The van der Waals surface area contributed by atoms with Gasteiger partial charge in [0.1, 0.15) is 18.1 Å². The van der Waals surface area contributed by atoms with Crippen LogP contribution in [0.4, 0.5) is 5.69 Å². The van der Waals surface area contributed by atoms with E-state index in [1.165, 1.54) is 0 Å². The van der Waals surface area contributed by atoms with E-state index in [-0.39, 0.29) is 13.0 Å². The van der Waals surface area contributed by atoms with Crippen molar-refractivity contribution < 1.29 is 29.0 Å². The number of carboxylic acid groups (broad SMARTS) is 1. The SMILES string of the molecule is COc1ccc(NC(=O)C2(CC(=O)O)CC(C3=Cc4ccccc4OC3)=NO2)cc1. The van der Waals surface area contributed by atoms with Gasteiger partial charge in [0.25, 0.3) is 5.91 Å². The number of ether oxygens (including phenoxy) is 2. The van der Waals surface area contributed by atoms with Crippen LogP contribution in [0.25, 0.3) is 6.08 Å². The molecular formula is C22H20N2O6. The Bertz CT molecular complexity index is 1040. The molecule has 4 rings (SSSR count). The van der Waals surface area contributed by atoms with Crippen molar-refractivity contribution in [2.45, 2.75) is 18.4 Å². The van der Waals surface area contributed by atoms with Crippen molar-refractivity contribution >= 4 is 29.4 Å². The minimum Gasteiger partial charge on any atom is -0.497 e. The van der Waals surface area contributed by atoms with Gasteiger partial charge in [0, 0.05) is 23.2 Å². The number of carboxylic acids is 1. The zero-order chi connectivity index (χ0) is 21.1. The molecule has 0 fully saturated rings. The lowest BCUT2D eigenvalue weighted by atomic mass is 9.89. The van der Waals surface area contributed by atoms with Crippen LogP contribution in [0.3, 0.4) is 0 Å². The summed E-state index contributed by atoms with van der Waals surface area (Å²) in [5.74, 6) is -0.336. The molecule has 0 spiro atoms. The second-order valence-electron chi connectivity index (χ2n) is 7.05. The molecule has 0 radical (unpaired) electrons. The number of carbonyl (C=O) groups is 2. The first kappa shape index (κ1) is 19.5. The fourth-order valence-corrected chi connectivity index (χ4v) is 3.39. The van der Waals surface area contributed by atoms with E-state index in [2.05, 4.69) is 10.5 Å². The summed E-state index contributed by atoms with van der Waals surface area (Å²) in [6, 6.07) is 14.3. The zero-order valence-corrected chi connectivity index (χ0v) is 16.3. The molecule has 2 heterocycles. The number of carbonyl (C=O) groups excluding carboxylic acids is 1. The Morgan fingerprint density at radius 1 is 1.20 bits per heavy atom. The van der Waals surface area contributed by atoms with Crippen molar-refractivity contribution in [3.63, 3.8) is 0 Å². The summed E-state index contributed by atoms with van der Waals surface area (Å²) in [5.41, 5.74) is 0.990. The molecule has 1 amide bonds. The van der Waals surface area contributed by atoms with E-state index in [0.717, 1.165) is 16.9 Å². The van der Waals surface area contributed by atoms with E-state index in [0.29, 0.717) is 17.1 Å². The van der Waals surface area contributed by atoms with E-state index >= 15 is 0 Å². The molecule has 0 saturated carbocycles. The van der Waals surface area contributed by atoms with Crippen LogP contribution in [0.5, 0.6) is 11.5 Å². The third-order valence-electron chi connectivity index (χ3n) is 4.98. The number of aliphatic carboxylic acids is 1. The van der Waals surface area contributed by atoms with Gasteiger partial charge >= 0.3 is 5.97 Å². The normalized spacial score (nSPS) is 19.5. The number of methoxy groups -OCH3 is 1. The highest BCUT2D eigenvalue weighted by Crippen LogP contribution is 2.35. The van der Waals surface area contributed by atoms with Crippen LogP contribution < -0.4 is 14.8 Å². The molecule has 2 aliphatic rings. The first-order valence-electron chi connectivity index (χ1n) is 9.34. The highest BCUT2D eigenvalue weighted by molar-refractivity contribution is 6.11. The van der Waals surface area contributed by atoms with E-state index < -0.39 is 23.9 Å². The van der Waals surface area contributed by atoms with Crippen LogP contribution in [-0.2, 0) is 14.4 Å². The molecular weight excluding hydrogens is 388 g/mol. The van der Waals surface area contributed by atoms with Gasteiger partial charge < -0.3 is 24.7 Å². The minimum absolute atomic E-state index is 0.0264. The van der Waals surface area contributed by atoms with Gasteiger partial charge in [0.15, 0.2) is 0 Å². The number of oxime groups is 1. The number of anilines is 1. The molecule has 2 aromatic rings. The molecule has 0 saturated heterocycles. The maximum absolute atomic E-state index is 13.0. The van der Waals surface area contributed by atoms with Gasteiger partial charge in [-0.25, -0.2) is 0 Å². The fraction of sp³-hybridized carbons (Fsp3) is 0.227. The lowest BCUT2D eigenvalue weighted by molar-refractivity contribution is -0.152. The minimum atomic E-state index is -1.64. The van der Waals surface area contributed by atoms with E-state index in [1.807, 2.05) is 30.3 Å². The molecule has 8 heteroatoms. The summed E-state index contributed by atoms with van der Waals surface area (Å²) in [7, 11) is 1.54. The number of nitrogens with one attached hydrogen (secondary N) is 1. The summed E-state index contributed by atoms with van der Waals surface area (Å²) in [6.45, 7) is 0.266. The highest BCUT2D eigenvalue weighted by atomic mass is 16.7. The Morgan fingerprint density at radius 3 is 2.70 bits per heavy atom. The van der Waals surface area contributed by atoms with Crippen LogP contribution in [0.1, 0.15) is 18.4 Å². The summed E-state index contributed by atoms with van der Waals surface area (Å²) in [5, 5.41) is 16.1. The van der Waals surface area contributed by atoms with E-state index in [1.54, 1.807) is 31.4 Å². The average molecular weight is 408 g/mol. The van der Waals surface area contributed by atoms with Gasteiger partial charge in [0.05, 0.1) is 19.2 Å². The summed E-state index contributed by atoms with van der Waals surface area (Å²) in [4.78, 5) is 29.9. The molecule has 0 aromatic heterocycles. The van der Waals surface area contributed by atoms with E-state index in [4.69, 9.17) is 14.3 Å². The van der Waals surface area contributed by atoms with Crippen molar-refractivity contribution in [2.75, 3.05) is 19.0 Å². The molecule has 0 aliphatic carbocycles. The number of para-hydroxylation sites is 1. The second-order valence-corrected chi connectivity index (χ2v) is 7.05. The molecule has 2 aliphatic heterocycles. The van der Waals surface area contributed by atoms with Crippen molar-refractivity contribution in [1.29, 1.82) is 0 Å². The Hall–Kier alpha value is -3.81. The molecule has 154 valence electrons. The topological polar surface area (TPSA) is 106 Å². The van der Waals surface area contributed by atoms with E-state index in [9.17, 15) is 14.7 Å². The number of fused-ring (bicyclic) bond motifs is 1. The molecule has 30 heavy (non-hydrogen) atoms. The van der Waals surface area contributed by atoms with Gasteiger partial charge in [-0.1, -0.05) is 23.4 Å². The number of hydrogen-bond donors (Lipinski definition) is 2. The monoisotopic (exact) mass is 408 g/mol. The van der Waals surface area contributed by atoms with Crippen LogP contribution >= 0.6 is 0 Å². The number of nitrogens with zero attached hydrogens (tertiary/aromatic N) is 1. The lowest BCUT2D eigenvalue weighted by Gasteiger charge is -2.24. The van der Waals surface area contributed by atoms with Crippen molar-refractivity contribution in [2.24, 2.45) is 5.16 Å². The quantitative estimate of drug-likeness (QED) is 0.761. The second kappa shape index (κ2) is 7.90. The highest BCUT2D eigenvalue weighted by Gasteiger charge is 2.49. The number of benzene rings is 2. The van der Waals surface area contributed by atoms with Crippen LogP contribution in [0.2, 0.25) is 0 Å². The predicted octanol–water partition coefficient (Wildman–Crippen LogP) is 3.10. The lowest BCUT2D eigenvalue weighted by Crippen LogP contribution is -2.45. The van der Waals surface area contributed by atoms with Gasteiger partial charge in [-0.3, -0.25) is 9.59 Å². The Morgan fingerprint density at radius 2 is 1.97 bits per heavy atom. The predicted molar refractivity (Wildman–Crippen MR) is 110 cm³/mol. The molecule has 1 atom stereocenters. The van der Waals surface area contributed by atoms with Crippen LogP contribution in [0, 0.1) is 0 Å². The molecule has 0 bridgehead atoms. The molecule has 8 nitrogen and oxygen atoms in total.